The van der Waals surface area contributed by atoms with Crippen LogP contribution in [0.4, 0.5) is 0 Å². The summed E-state index contributed by atoms with van der Waals surface area (Å²) in [5, 5.41) is 3.79. The molecule has 2 fully saturated rings. The fourth-order valence-corrected chi connectivity index (χ4v) is 3.68. The van der Waals surface area contributed by atoms with Gasteiger partial charge in [0.1, 0.15) is 0 Å². The van der Waals surface area contributed by atoms with E-state index in [-0.39, 0.29) is 0 Å². The molecule has 0 bridgehead atoms. The van der Waals surface area contributed by atoms with Crippen LogP contribution >= 0.6 is 0 Å². The van der Waals surface area contributed by atoms with Gasteiger partial charge in [-0.2, -0.15) is 0 Å². The Hall–Kier alpha value is -0.120. The predicted octanol–water partition coefficient (Wildman–Crippen LogP) is 2.65. The molecule has 3 nitrogen and oxygen atoms in total. The first kappa shape index (κ1) is 15.3. The number of morpholine rings is 1. The summed E-state index contributed by atoms with van der Waals surface area (Å²) in [5.41, 5.74) is 0. The zero-order chi connectivity index (χ0) is 13.8. The van der Waals surface area contributed by atoms with Crippen molar-refractivity contribution in [3.63, 3.8) is 0 Å². The maximum absolute atomic E-state index is 5.79. The molecule has 0 aromatic rings. The Morgan fingerprint density at radius 1 is 1.21 bits per heavy atom. The lowest BCUT2D eigenvalue weighted by atomic mass is 9.81. The second-order valence-corrected chi connectivity index (χ2v) is 6.74. The minimum atomic E-state index is 0.389. The Balaban J connectivity index is 2.02. The molecular formula is C16H32N2O. The van der Waals surface area contributed by atoms with Crippen molar-refractivity contribution in [1.29, 1.82) is 0 Å². The maximum Gasteiger partial charge on any atom is 0.0674 e. The highest BCUT2D eigenvalue weighted by Gasteiger charge is 2.37. The third-order valence-corrected chi connectivity index (χ3v) is 4.82. The van der Waals surface area contributed by atoms with E-state index in [4.69, 9.17) is 4.74 Å². The molecule has 5 atom stereocenters. The number of nitrogens with one attached hydrogen (secondary N) is 1. The summed E-state index contributed by atoms with van der Waals surface area (Å²) in [7, 11) is 0. The number of ether oxygens (including phenoxy) is 1. The van der Waals surface area contributed by atoms with Gasteiger partial charge in [0, 0.05) is 24.7 Å². The Bertz CT molecular complexity index is 269. The van der Waals surface area contributed by atoms with Crippen LogP contribution in [0, 0.1) is 5.92 Å². The summed E-state index contributed by atoms with van der Waals surface area (Å²) in [4.78, 5) is 2.72. The van der Waals surface area contributed by atoms with Gasteiger partial charge in [-0.05, 0) is 52.0 Å². The Morgan fingerprint density at radius 2 is 2.00 bits per heavy atom. The summed E-state index contributed by atoms with van der Waals surface area (Å²) in [5.74, 6) is 0.870. The van der Waals surface area contributed by atoms with E-state index in [0.717, 1.165) is 25.6 Å². The summed E-state index contributed by atoms with van der Waals surface area (Å²) in [6.07, 6.45) is 5.68. The van der Waals surface area contributed by atoms with Crippen molar-refractivity contribution in [2.75, 3.05) is 19.7 Å². The summed E-state index contributed by atoms with van der Waals surface area (Å²) >= 11 is 0. The fourth-order valence-electron chi connectivity index (χ4n) is 3.68. The van der Waals surface area contributed by atoms with Crippen molar-refractivity contribution in [1.82, 2.24) is 10.2 Å². The molecule has 1 heterocycles. The van der Waals surface area contributed by atoms with E-state index in [9.17, 15) is 0 Å². The van der Waals surface area contributed by atoms with Gasteiger partial charge in [-0.25, -0.2) is 0 Å². The standard InChI is InChI=1S/C16H32N2O/c1-5-8-17-15-7-6-12(2)9-16(15)18-10-14(4)19-11-13(18)3/h12-17H,5-11H2,1-4H3. The average Bonchev–Trinajstić information content (AvgIpc) is 2.40. The Labute approximate surface area is 119 Å². The molecule has 0 aromatic heterocycles. The van der Waals surface area contributed by atoms with Crippen molar-refractivity contribution in [2.24, 2.45) is 5.92 Å². The van der Waals surface area contributed by atoms with Crippen molar-refractivity contribution in [3.8, 4) is 0 Å². The van der Waals surface area contributed by atoms with E-state index in [1.807, 2.05) is 0 Å². The number of rotatable bonds is 4. The van der Waals surface area contributed by atoms with Crippen LogP contribution in [0.1, 0.15) is 53.4 Å². The lowest BCUT2D eigenvalue weighted by Gasteiger charge is -2.48. The van der Waals surface area contributed by atoms with Gasteiger partial charge in [0.05, 0.1) is 12.7 Å². The zero-order valence-corrected chi connectivity index (χ0v) is 13.2. The molecule has 2 aliphatic rings. The van der Waals surface area contributed by atoms with E-state index in [2.05, 4.69) is 37.9 Å². The molecular weight excluding hydrogens is 236 g/mol. The first-order valence-corrected chi connectivity index (χ1v) is 8.22. The van der Waals surface area contributed by atoms with Crippen molar-refractivity contribution in [3.05, 3.63) is 0 Å². The predicted molar refractivity (Wildman–Crippen MR) is 80.5 cm³/mol. The molecule has 3 heteroatoms. The monoisotopic (exact) mass is 268 g/mol. The van der Waals surface area contributed by atoms with Crippen LogP contribution in [0.2, 0.25) is 0 Å². The fraction of sp³-hybridized carbons (Fsp3) is 1.00. The Kier molecular flexibility index (Phi) is 5.67. The quantitative estimate of drug-likeness (QED) is 0.848. The Morgan fingerprint density at radius 3 is 2.74 bits per heavy atom. The van der Waals surface area contributed by atoms with E-state index in [0.29, 0.717) is 24.2 Å². The van der Waals surface area contributed by atoms with Crippen LogP contribution < -0.4 is 5.32 Å². The molecule has 5 unspecified atom stereocenters. The number of hydrogen-bond donors (Lipinski definition) is 1. The highest BCUT2D eigenvalue weighted by molar-refractivity contribution is 4.93. The molecule has 2 rings (SSSR count). The summed E-state index contributed by atoms with van der Waals surface area (Å²) < 4.78 is 5.79. The van der Waals surface area contributed by atoms with Gasteiger partial charge in [-0.15, -0.1) is 0 Å². The summed E-state index contributed by atoms with van der Waals surface area (Å²) in [6, 6.07) is 1.96. The highest BCUT2D eigenvalue weighted by atomic mass is 16.5. The molecule has 0 spiro atoms. The van der Waals surface area contributed by atoms with Gasteiger partial charge in [0.25, 0.3) is 0 Å². The number of nitrogens with zero attached hydrogens (tertiary/aromatic N) is 1. The van der Waals surface area contributed by atoms with Crippen LogP contribution in [0.3, 0.4) is 0 Å². The molecule has 1 aliphatic carbocycles. The molecule has 19 heavy (non-hydrogen) atoms. The van der Waals surface area contributed by atoms with Crippen LogP contribution in [0.15, 0.2) is 0 Å². The van der Waals surface area contributed by atoms with E-state index in [1.165, 1.54) is 25.7 Å². The van der Waals surface area contributed by atoms with Crippen LogP contribution in [0.5, 0.6) is 0 Å². The third kappa shape index (κ3) is 3.93. The van der Waals surface area contributed by atoms with E-state index in [1.54, 1.807) is 0 Å². The lowest BCUT2D eigenvalue weighted by molar-refractivity contribution is -0.0792. The topological polar surface area (TPSA) is 24.5 Å². The largest absolute Gasteiger partial charge is 0.376 e. The van der Waals surface area contributed by atoms with Crippen molar-refractivity contribution >= 4 is 0 Å². The van der Waals surface area contributed by atoms with Crippen LogP contribution in [-0.4, -0.2) is 48.8 Å². The van der Waals surface area contributed by atoms with Crippen molar-refractivity contribution < 1.29 is 4.74 Å². The van der Waals surface area contributed by atoms with Crippen LogP contribution in [-0.2, 0) is 4.74 Å². The molecule has 0 amide bonds. The summed E-state index contributed by atoms with van der Waals surface area (Å²) in [6.45, 7) is 12.4. The van der Waals surface area contributed by atoms with Gasteiger partial charge in [-0.3, -0.25) is 4.90 Å². The van der Waals surface area contributed by atoms with Gasteiger partial charge in [-0.1, -0.05) is 13.8 Å². The second kappa shape index (κ2) is 7.05. The van der Waals surface area contributed by atoms with E-state index >= 15 is 0 Å². The maximum atomic E-state index is 5.79. The first-order chi connectivity index (χ1) is 9.11. The zero-order valence-electron chi connectivity index (χ0n) is 13.2. The SMILES string of the molecule is CCCNC1CCC(C)CC1N1CC(C)OCC1C. The highest BCUT2D eigenvalue weighted by Crippen LogP contribution is 2.30. The van der Waals surface area contributed by atoms with Gasteiger partial charge < -0.3 is 10.1 Å². The second-order valence-electron chi connectivity index (χ2n) is 6.74. The molecule has 1 aliphatic heterocycles. The lowest BCUT2D eigenvalue weighted by Crippen LogP contribution is -2.60. The normalized spacial score (nSPS) is 41.4. The van der Waals surface area contributed by atoms with Crippen LogP contribution in [0.25, 0.3) is 0 Å². The average molecular weight is 268 g/mol. The minimum Gasteiger partial charge on any atom is -0.376 e. The van der Waals surface area contributed by atoms with E-state index < -0.39 is 0 Å². The molecule has 0 aromatic carbocycles. The smallest absolute Gasteiger partial charge is 0.0674 e. The molecule has 1 saturated heterocycles. The minimum absolute atomic E-state index is 0.389. The molecule has 1 N–H and O–H groups in total. The van der Waals surface area contributed by atoms with Gasteiger partial charge in [0.2, 0.25) is 0 Å². The molecule has 0 radical (unpaired) electrons. The van der Waals surface area contributed by atoms with Gasteiger partial charge in [0.15, 0.2) is 0 Å². The molecule has 1 saturated carbocycles. The number of hydrogen-bond acceptors (Lipinski definition) is 3. The first-order valence-electron chi connectivity index (χ1n) is 8.22. The molecule has 112 valence electrons. The van der Waals surface area contributed by atoms with Gasteiger partial charge >= 0.3 is 0 Å². The third-order valence-electron chi connectivity index (χ3n) is 4.82. The van der Waals surface area contributed by atoms with Crippen molar-refractivity contribution in [2.45, 2.75) is 77.6 Å².